The summed E-state index contributed by atoms with van der Waals surface area (Å²) in [6.45, 7) is 1.22. The van der Waals surface area contributed by atoms with Gasteiger partial charge < -0.3 is 14.9 Å². The van der Waals surface area contributed by atoms with E-state index >= 15 is 0 Å². The van der Waals surface area contributed by atoms with E-state index in [1.807, 2.05) is 4.90 Å². The first-order chi connectivity index (χ1) is 14.6. The van der Waals surface area contributed by atoms with Crippen molar-refractivity contribution in [1.29, 1.82) is 0 Å². The smallest absolute Gasteiger partial charge is 0.417 e. The molecule has 0 saturated carbocycles. The number of carbonyl (C=O) groups is 1. The van der Waals surface area contributed by atoms with Gasteiger partial charge in [0, 0.05) is 44.0 Å². The Kier molecular flexibility index (Phi) is 5.04. The number of pyridine rings is 1. The van der Waals surface area contributed by atoms with Gasteiger partial charge in [-0.2, -0.15) is 13.2 Å². The van der Waals surface area contributed by atoms with Gasteiger partial charge in [-0.1, -0.05) is 12.1 Å². The average Bonchev–Trinajstić information content (AvgIpc) is 3.18. The first-order valence-electron chi connectivity index (χ1n) is 9.21. The van der Waals surface area contributed by atoms with Gasteiger partial charge >= 0.3 is 12.3 Å². The molecule has 1 aromatic carbocycles. The SMILES string of the molecule is O=C(O)N1CCN(c2nccc3c2ccn3S(=O)(=O)c2ccccc2C(F)(F)F)CC1. The van der Waals surface area contributed by atoms with E-state index in [9.17, 15) is 26.4 Å². The maximum Gasteiger partial charge on any atom is 0.417 e. The molecule has 1 amide bonds. The first kappa shape index (κ1) is 21.0. The van der Waals surface area contributed by atoms with Crippen LogP contribution in [0.1, 0.15) is 5.56 Å². The van der Waals surface area contributed by atoms with E-state index in [-0.39, 0.29) is 18.6 Å². The van der Waals surface area contributed by atoms with E-state index in [0.717, 1.165) is 22.2 Å². The average molecular weight is 454 g/mol. The minimum atomic E-state index is -4.83. The Labute approximate surface area is 175 Å². The summed E-state index contributed by atoms with van der Waals surface area (Å²) in [5, 5.41) is 9.53. The number of aromatic nitrogens is 2. The predicted octanol–water partition coefficient (Wildman–Crippen LogP) is 3.09. The molecule has 4 rings (SSSR count). The molecule has 12 heteroatoms. The zero-order valence-corrected chi connectivity index (χ0v) is 16.8. The van der Waals surface area contributed by atoms with Gasteiger partial charge in [0.2, 0.25) is 0 Å². The van der Waals surface area contributed by atoms with Gasteiger partial charge in [0.05, 0.1) is 11.1 Å². The molecule has 0 unspecified atom stereocenters. The monoisotopic (exact) mass is 454 g/mol. The Morgan fingerprint density at radius 3 is 2.35 bits per heavy atom. The molecule has 1 fully saturated rings. The predicted molar refractivity (Wildman–Crippen MR) is 106 cm³/mol. The lowest BCUT2D eigenvalue weighted by Crippen LogP contribution is -2.48. The summed E-state index contributed by atoms with van der Waals surface area (Å²) < 4.78 is 67.3. The number of halogens is 3. The van der Waals surface area contributed by atoms with Crippen molar-refractivity contribution in [3.05, 3.63) is 54.4 Å². The fourth-order valence-corrected chi connectivity index (χ4v) is 5.19. The second-order valence-electron chi connectivity index (χ2n) is 6.93. The van der Waals surface area contributed by atoms with Crippen LogP contribution < -0.4 is 4.90 Å². The Hall–Kier alpha value is -3.28. The number of hydrogen-bond donors (Lipinski definition) is 1. The van der Waals surface area contributed by atoms with E-state index in [0.29, 0.717) is 24.3 Å². The third kappa shape index (κ3) is 3.67. The zero-order chi connectivity index (χ0) is 22.4. The highest BCUT2D eigenvalue weighted by atomic mass is 32.2. The molecule has 0 atom stereocenters. The number of fused-ring (bicyclic) bond motifs is 1. The largest absolute Gasteiger partial charge is 0.465 e. The summed E-state index contributed by atoms with van der Waals surface area (Å²) in [6, 6.07) is 6.93. The summed E-state index contributed by atoms with van der Waals surface area (Å²) in [5.41, 5.74) is -1.06. The number of hydrogen-bond acceptors (Lipinski definition) is 5. The topological polar surface area (TPSA) is 95.7 Å². The van der Waals surface area contributed by atoms with Crippen LogP contribution in [0, 0.1) is 0 Å². The molecule has 0 radical (unpaired) electrons. The lowest BCUT2D eigenvalue weighted by molar-refractivity contribution is -0.139. The lowest BCUT2D eigenvalue weighted by Gasteiger charge is -2.34. The third-order valence-electron chi connectivity index (χ3n) is 5.14. The van der Waals surface area contributed by atoms with Crippen molar-refractivity contribution < 1.29 is 31.5 Å². The molecule has 3 aromatic rings. The van der Waals surface area contributed by atoms with Gasteiger partial charge in [-0.3, -0.25) is 0 Å². The molecule has 1 N–H and O–H groups in total. The normalized spacial score (nSPS) is 15.5. The molecule has 2 aromatic heterocycles. The molecule has 0 bridgehead atoms. The van der Waals surface area contributed by atoms with Gasteiger partial charge in [-0.15, -0.1) is 0 Å². The highest BCUT2D eigenvalue weighted by Gasteiger charge is 2.37. The highest BCUT2D eigenvalue weighted by Crippen LogP contribution is 2.36. The van der Waals surface area contributed by atoms with E-state index < -0.39 is 32.8 Å². The van der Waals surface area contributed by atoms with Crippen molar-refractivity contribution in [2.45, 2.75) is 11.1 Å². The van der Waals surface area contributed by atoms with Crippen molar-refractivity contribution in [3.63, 3.8) is 0 Å². The highest BCUT2D eigenvalue weighted by molar-refractivity contribution is 7.90. The summed E-state index contributed by atoms with van der Waals surface area (Å²) in [6.07, 6.45) is -3.27. The molecule has 0 aliphatic carbocycles. The summed E-state index contributed by atoms with van der Waals surface area (Å²) in [4.78, 5) is 17.6. The van der Waals surface area contributed by atoms with Crippen LogP contribution in [0.4, 0.5) is 23.8 Å². The van der Waals surface area contributed by atoms with Gasteiger partial charge in [-0.05, 0) is 24.3 Å². The fourth-order valence-electron chi connectivity index (χ4n) is 3.63. The first-order valence-corrected chi connectivity index (χ1v) is 10.7. The Balaban J connectivity index is 1.77. The number of benzene rings is 1. The van der Waals surface area contributed by atoms with Crippen molar-refractivity contribution >= 4 is 32.8 Å². The number of piperazine rings is 1. The standard InChI is InChI=1S/C19H17F3N4O4S/c20-19(21,22)14-3-1-2-4-16(14)31(29,30)26-8-6-13-15(26)5-7-23-17(13)24-9-11-25(12-10-24)18(27)28/h1-8H,9-12H2,(H,27,28). The van der Waals surface area contributed by atoms with E-state index in [1.165, 1.54) is 35.5 Å². The van der Waals surface area contributed by atoms with Crippen LogP contribution in [0.2, 0.25) is 0 Å². The minimum absolute atomic E-state index is 0.183. The quantitative estimate of drug-likeness (QED) is 0.654. The summed E-state index contributed by atoms with van der Waals surface area (Å²) >= 11 is 0. The number of amides is 1. The van der Waals surface area contributed by atoms with Crippen molar-refractivity contribution in [3.8, 4) is 0 Å². The van der Waals surface area contributed by atoms with Crippen LogP contribution in [0.25, 0.3) is 10.9 Å². The van der Waals surface area contributed by atoms with Gasteiger partial charge in [-0.25, -0.2) is 22.2 Å². The van der Waals surface area contributed by atoms with Crippen LogP contribution in [0.3, 0.4) is 0 Å². The number of nitrogens with zero attached hydrogens (tertiary/aromatic N) is 4. The molecule has 31 heavy (non-hydrogen) atoms. The van der Waals surface area contributed by atoms with Gasteiger partial charge in [0.15, 0.2) is 0 Å². The van der Waals surface area contributed by atoms with E-state index in [1.54, 1.807) is 0 Å². The van der Waals surface area contributed by atoms with Gasteiger partial charge in [0.25, 0.3) is 10.0 Å². The Morgan fingerprint density at radius 2 is 1.71 bits per heavy atom. The van der Waals surface area contributed by atoms with E-state index in [2.05, 4.69) is 4.98 Å². The van der Waals surface area contributed by atoms with Gasteiger partial charge in [0.1, 0.15) is 10.7 Å². The lowest BCUT2D eigenvalue weighted by atomic mass is 10.2. The molecule has 1 saturated heterocycles. The summed E-state index contributed by atoms with van der Waals surface area (Å²) in [7, 11) is -4.54. The summed E-state index contributed by atoms with van der Waals surface area (Å²) in [5.74, 6) is 0.445. The number of rotatable bonds is 3. The number of carboxylic acid groups (broad SMARTS) is 1. The van der Waals surface area contributed by atoms with Crippen LogP contribution in [-0.2, 0) is 16.2 Å². The van der Waals surface area contributed by atoms with Crippen molar-refractivity contribution in [1.82, 2.24) is 13.9 Å². The van der Waals surface area contributed by atoms with Crippen LogP contribution in [0.15, 0.2) is 53.7 Å². The van der Waals surface area contributed by atoms with Crippen molar-refractivity contribution in [2.24, 2.45) is 0 Å². The second kappa shape index (κ2) is 7.45. The second-order valence-corrected chi connectivity index (χ2v) is 8.72. The van der Waals surface area contributed by atoms with E-state index in [4.69, 9.17) is 5.11 Å². The fraction of sp³-hybridized carbons (Fsp3) is 0.263. The maximum absolute atomic E-state index is 13.4. The van der Waals surface area contributed by atoms with Crippen molar-refractivity contribution in [2.75, 3.05) is 31.1 Å². The van der Waals surface area contributed by atoms with Crippen LogP contribution in [-0.4, -0.2) is 59.7 Å². The van der Waals surface area contributed by atoms with Crippen LogP contribution in [0.5, 0.6) is 0 Å². The molecule has 8 nitrogen and oxygen atoms in total. The molecular formula is C19H17F3N4O4S. The molecule has 164 valence electrons. The Morgan fingerprint density at radius 1 is 1.03 bits per heavy atom. The number of alkyl halides is 3. The minimum Gasteiger partial charge on any atom is -0.465 e. The molecular weight excluding hydrogens is 437 g/mol. The molecule has 3 heterocycles. The third-order valence-corrected chi connectivity index (χ3v) is 6.89. The maximum atomic E-state index is 13.4. The molecule has 1 aliphatic heterocycles. The molecule has 1 aliphatic rings. The number of anilines is 1. The Bertz CT molecular complexity index is 1250. The van der Waals surface area contributed by atoms with Crippen LogP contribution >= 0.6 is 0 Å². The molecule has 0 spiro atoms. The zero-order valence-electron chi connectivity index (χ0n) is 16.0.